The number of fused-ring (bicyclic) bond motifs is 3. The average molecular weight is 316 g/mol. The van der Waals surface area contributed by atoms with Crippen molar-refractivity contribution in [2.75, 3.05) is 0 Å². The quantitative estimate of drug-likeness (QED) is 0.479. The minimum atomic E-state index is 0.489. The van der Waals surface area contributed by atoms with Gasteiger partial charge in [-0.15, -0.1) is 0 Å². The van der Waals surface area contributed by atoms with Gasteiger partial charge in [-0.2, -0.15) is 0 Å². The topological polar surface area (TPSA) is 38.9 Å². The number of hydrogen-bond donors (Lipinski definition) is 0. The van der Waals surface area contributed by atoms with Crippen LogP contribution in [0.4, 0.5) is 0 Å². The molecule has 0 bridgehead atoms. The Bertz CT molecular complexity index is 1020. The second kappa shape index (κ2) is 5.75. The summed E-state index contributed by atoms with van der Waals surface area (Å²) in [6.45, 7) is 6.75. The van der Waals surface area contributed by atoms with Crippen molar-refractivity contribution in [1.29, 1.82) is 0 Å². The summed E-state index contributed by atoms with van der Waals surface area (Å²) >= 11 is 0. The van der Waals surface area contributed by atoms with Crippen LogP contribution >= 0.6 is 0 Å². The number of aromatic nitrogens is 2. The molecule has 0 spiro atoms. The second-order valence-electron chi connectivity index (χ2n) is 6.65. The van der Waals surface area contributed by atoms with Gasteiger partial charge in [0, 0.05) is 28.7 Å². The van der Waals surface area contributed by atoms with Gasteiger partial charge in [-0.3, -0.25) is 4.98 Å². The summed E-state index contributed by atoms with van der Waals surface area (Å²) in [7, 11) is 0. The summed E-state index contributed by atoms with van der Waals surface area (Å²) in [6.07, 6.45) is 3.65. The van der Waals surface area contributed by atoms with Gasteiger partial charge in [-0.05, 0) is 47.7 Å². The molecule has 4 rings (SSSR count). The fourth-order valence-electron chi connectivity index (χ4n) is 3.10. The maximum atomic E-state index is 6.03. The maximum Gasteiger partial charge on any atom is 0.227 e. The second-order valence-corrected chi connectivity index (χ2v) is 6.65. The number of rotatable bonds is 3. The monoisotopic (exact) mass is 316 g/mol. The highest BCUT2D eigenvalue weighted by molar-refractivity contribution is 6.08. The van der Waals surface area contributed by atoms with Gasteiger partial charge in [0.1, 0.15) is 5.58 Å². The average Bonchev–Trinajstić information content (AvgIpc) is 3.00. The molecule has 0 radical (unpaired) electrons. The Morgan fingerprint density at radius 3 is 2.54 bits per heavy atom. The van der Waals surface area contributed by atoms with E-state index in [2.05, 4.69) is 61.1 Å². The first kappa shape index (κ1) is 14.9. The lowest BCUT2D eigenvalue weighted by atomic mass is 9.90. The van der Waals surface area contributed by atoms with Crippen molar-refractivity contribution in [3.8, 4) is 11.3 Å². The molecule has 1 aromatic carbocycles. The van der Waals surface area contributed by atoms with Crippen LogP contribution in [0.15, 0.2) is 59.3 Å². The van der Waals surface area contributed by atoms with Crippen LogP contribution in [0.3, 0.4) is 0 Å². The highest BCUT2D eigenvalue weighted by atomic mass is 16.3. The standard InChI is InChI=1S/C21H20N2O/c1-13(2)14(3)15-9-11-22-19(12-15)18-7-4-6-16-17-8-5-10-23-21(17)24-20(16)18/h4-14H,1-3H3. The van der Waals surface area contributed by atoms with Crippen LogP contribution in [0.5, 0.6) is 0 Å². The number of para-hydroxylation sites is 1. The van der Waals surface area contributed by atoms with Crippen LogP contribution in [0, 0.1) is 5.92 Å². The minimum absolute atomic E-state index is 0.489. The zero-order valence-electron chi connectivity index (χ0n) is 14.2. The molecule has 3 heteroatoms. The van der Waals surface area contributed by atoms with Crippen LogP contribution < -0.4 is 0 Å². The molecule has 0 saturated heterocycles. The molecular formula is C21H20N2O. The van der Waals surface area contributed by atoms with E-state index in [0.717, 1.165) is 27.6 Å². The van der Waals surface area contributed by atoms with Crippen LogP contribution in [0.25, 0.3) is 33.3 Å². The summed E-state index contributed by atoms with van der Waals surface area (Å²) in [5, 5.41) is 2.13. The third-order valence-electron chi connectivity index (χ3n) is 4.86. The first-order chi connectivity index (χ1) is 11.6. The van der Waals surface area contributed by atoms with E-state index < -0.39 is 0 Å². The molecule has 1 atom stereocenters. The van der Waals surface area contributed by atoms with E-state index in [9.17, 15) is 0 Å². The van der Waals surface area contributed by atoms with E-state index in [0.29, 0.717) is 17.5 Å². The zero-order chi connectivity index (χ0) is 16.7. The SMILES string of the molecule is CC(C)C(C)c1ccnc(-c2cccc3c2oc2ncccc23)c1. The Morgan fingerprint density at radius 2 is 1.71 bits per heavy atom. The van der Waals surface area contributed by atoms with Gasteiger partial charge in [-0.25, -0.2) is 4.98 Å². The van der Waals surface area contributed by atoms with E-state index in [4.69, 9.17) is 4.42 Å². The Hall–Kier alpha value is -2.68. The molecule has 3 heterocycles. The van der Waals surface area contributed by atoms with Crippen molar-refractivity contribution < 1.29 is 4.42 Å². The summed E-state index contributed by atoms with van der Waals surface area (Å²) in [4.78, 5) is 8.93. The summed E-state index contributed by atoms with van der Waals surface area (Å²) in [6, 6.07) is 14.5. The maximum absolute atomic E-state index is 6.03. The fourth-order valence-corrected chi connectivity index (χ4v) is 3.10. The van der Waals surface area contributed by atoms with Gasteiger partial charge in [0.25, 0.3) is 0 Å². The van der Waals surface area contributed by atoms with Crippen molar-refractivity contribution in [3.05, 3.63) is 60.4 Å². The number of benzene rings is 1. The summed E-state index contributed by atoms with van der Waals surface area (Å²) in [5.74, 6) is 1.08. The van der Waals surface area contributed by atoms with Crippen molar-refractivity contribution >= 4 is 22.1 Å². The normalized spacial score (nSPS) is 13.0. The molecule has 0 fully saturated rings. The summed E-state index contributed by atoms with van der Waals surface area (Å²) in [5.41, 5.74) is 4.80. The smallest absolute Gasteiger partial charge is 0.227 e. The van der Waals surface area contributed by atoms with Crippen LogP contribution in [-0.2, 0) is 0 Å². The van der Waals surface area contributed by atoms with Crippen molar-refractivity contribution in [1.82, 2.24) is 9.97 Å². The van der Waals surface area contributed by atoms with Crippen molar-refractivity contribution in [2.45, 2.75) is 26.7 Å². The van der Waals surface area contributed by atoms with Gasteiger partial charge < -0.3 is 4.42 Å². The molecule has 1 unspecified atom stereocenters. The summed E-state index contributed by atoms with van der Waals surface area (Å²) < 4.78 is 6.03. The molecule has 0 amide bonds. The molecular weight excluding hydrogens is 296 g/mol. The molecule has 0 aliphatic heterocycles. The predicted octanol–water partition coefficient (Wildman–Crippen LogP) is 5.80. The largest absolute Gasteiger partial charge is 0.437 e. The molecule has 4 aromatic rings. The van der Waals surface area contributed by atoms with E-state index in [-0.39, 0.29) is 0 Å². The molecule has 0 saturated carbocycles. The van der Waals surface area contributed by atoms with E-state index in [1.165, 1.54) is 5.56 Å². The first-order valence-corrected chi connectivity index (χ1v) is 8.37. The van der Waals surface area contributed by atoms with Gasteiger partial charge in [-0.1, -0.05) is 32.9 Å². The molecule has 24 heavy (non-hydrogen) atoms. The molecule has 0 N–H and O–H groups in total. The number of furan rings is 1. The first-order valence-electron chi connectivity index (χ1n) is 8.37. The Labute approximate surface area is 141 Å². The minimum Gasteiger partial charge on any atom is -0.437 e. The molecule has 3 nitrogen and oxygen atoms in total. The third kappa shape index (κ3) is 2.37. The lowest BCUT2D eigenvalue weighted by molar-refractivity contribution is 0.535. The lowest BCUT2D eigenvalue weighted by Crippen LogP contribution is -2.02. The van der Waals surface area contributed by atoms with E-state index in [1.807, 2.05) is 18.3 Å². The Morgan fingerprint density at radius 1 is 0.875 bits per heavy atom. The highest BCUT2D eigenvalue weighted by Gasteiger charge is 2.15. The van der Waals surface area contributed by atoms with Crippen molar-refractivity contribution in [3.63, 3.8) is 0 Å². The predicted molar refractivity (Wildman–Crippen MR) is 98.0 cm³/mol. The third-order valence-corrected chi connectivity index (χ3v) is 4.86. The van der Waals surface area contributed by atoms with Gasteiger partial charge >= 0.3 is 0 Å². The fraction of sp³-hybridized carbons (Fsp3) is 0.238. The van der Waals surface area contributed by atoms with Gasteiger partial charge in [0.05, 0.1) is 5.69 Å². The molecule has 0 aliphatic rings. The molecule has 3 aromatic heterocycles. The van der Waals surface area contributed by atoms with Crippen LogP contribution in [0.1, 0.15) is 32.3 Å². The van der Waals surface area contributed by atoms with Gasteiger partial charge in [0.2, 0.25) is 5.71 Å². The van der Waals surface area contributed by atoms with Gasteiger partial charge in [0.15, 0.2) is 0 Å². The Kier molecular flexibility index (Phi) is 3.57. The zero-order valence-corrected chi connectivity index (χ0v) is 14.2. The lowest BCUT2D eigenvalue weighted by Gasteiger charge is -2.16. The number of hydrogen-bond acceptors (Lipinski definition) is 3. The van der Waals surface area contributed by atoms with Crippen molar-refractivity contribution in [2.24, 2.45) is 5.92 Å². The molecule has 0 aliphatic carbocycles. The van der Waals surface area contributed by atoms with E-state index in [1.54, 1.807) is 6.20 Å². The molecule has 120 valence electrons. The number of nitrogens with zero attached hydrogens (tertiary/aromatic N) is 2. The van der Waals surface area contributed by atoms with Crippen LogP contribution in [-0.4, -0.2) is 9.97 Å². The van der Waals surface area contributed by atoms with Crippen LogP contribution in [0.2, 0.25) is 0 Å². The Balaban J connectivity index is 1.92. The number of pyridine rings is 2. The highest BCUT2D eigenvalue weighted by Crippen LogP contribution is 2.35. The van der Waals surface area contributed by atoms with E-state index >= 15 is 0 Å².